The topological polar surface area (TPSA) is 98.3 Å². The Kier molecular flexibility index (Phi) is 9.49. The van der Waals surface area contributed by atoms with Gasteiger partial charge in [0.25, 0.3) is 11.8 Å². The molecular weight excluding hydrogens is 516 g/mol. The number of hydrogen-bond acceptors (Lipinski definition) is 5. The van der Waals surface area contributed by atoms with E-state index >= 15 is 0 Å². The van der Waals surface area contributed by atoms with Crippen molar-refractivity contribution in [3.05, 3.63) is 112 Å². The smallest absolute Gasteiger partial charge is 0.268 e. The van der Waals surface area contributed by atoms with Crippen molar-refractivity contribution in [3.63, 3.8) is 0 Å². The van der Waals surface area contributed by atoms with Gasteiger partial charge in [-0.1, -0.05) is 76.6 Å². The van der Waals surface area contributed by atoms with Crippen molar-refractivity contribution in [3.8, 4) is 0 Å². The standard InChI is InChI=1S/C26H23BrN2O4S/c27-21-13-11-18(12-14-21)15-22(28-24(30)20-9-5-2-6-10-20)25(31)29-23(26(32)33)17-34-16-19-7-3-1-4-8-19/h1-15,23H,16-17H2,(H,28,30)(H,29,31)(H,32,33)/p-1/b22-15-/t23-/m0/s1. The van der Waals surface area contributed by atoms with Crippen LogP contribution in [0.25, 0.3) is 6.08 Å². The number of benzene rings is 3. The van der Waals surface area contributed by atoms with E-state index in [9.17, 15) is 19.5 Å². The zero-order chi connectivity index (χ0) is 24.3. The number of nitrogens with one attached hydrogen (secondary N) is 2. The molecule has 1 atom stereocenters. The van der Waals surface area contributed by atoms with Gasteiger partial charge < -0.3 is 20.5 Å². The molecule has 0 unspecified atom stereocenters. The van der Waals surface area contributed by atoms with E-state index in [1.165, 1.54) is 17.8 Å². The molecule has 3 aromatic rings. The van der Waals surface area contributed by atoms with Gasteiger partial charge in [-0.3, -0.25) is 9.59 Å². The van der Waals surface area contributed by atoms with E-state index < -0.39 is 23.8 Å². The highest BCUT2D eigenvalue weighted by Gasteiger charge is 2.19. The molecule has 0 fully saturated rings. The molecule has 2 N–H and O–H groups in total. The highest BCUT2D eigenvalue weighted by molar-refractivity contribution is 9.10. The number of halogens is 1. The number of carboxylic acid groups (broad SMARTS) is 1. The Morgan fingerprint density at radius 1 is 0.912 bits per heavy atom. The lowest BCUT2D eigenvalue weighted by Crippen LogP contribution is -2.51. The van der Waals surface area contributed by atoms with Crippen molar-refractivity contribution in [2.75, 3.05) is 5.75 Å². The monoisotopic (exact) mass is 537 g/mol. The average Bonchev–Trinajstić information content (AvgIpc) is 2.85. The first-order valence-corrected chi connectivity index (χ1v) is 12.3. The zero-order valence-corrected chi connectivity index (χ0v) is 20.5. The van der Waals surface area contributed by atoms with Crippen LogP contribution in [-0.2, 0) is 15.3 Å². The Bertz CT molecular complexity index is 1150. The Hall–Kier alpha value is -3.36. The Labute approximate surface area is 210 Å². The van der Waals surface area contributed by atoms with Crippen LogP contribution in [0.2, 0.25) is 0 Å². The summed E-state index contributed by atoms with van der Waals surface area (Å²) in [4.78, 5) is 37.4. The van der Waals surface area contributed by atoms with E-state index in [-0.39, 0.29) is 11.4 Å². The molecule has 0 aliphatic rings. The van der Waals surface area contributed by atoms with E-state index in [4.69, 9.17) is 0 Å². The number of thioether (sulfide) groups is 1. The summed E-state index contributed by atoms with van der Waals surface area (Å²) in [5, 5.41) is 16.8. The summed E-state index contributed by atoms with van der Waals surface area (Å²) >= 11 is 4.72. The van der Waals surface area contributed by atoms with Crippen molar-refractivity contribution in [2.24, 2.45) is 0 Å². The van der Waals surface area contributed by atoms with Crippen molar-refractivity contribution < 1.29 is 19.5 Å². The fraction of sp³-hybridized carbons (Fsp3) is 0.115. The summed E-state index contributed by atoms with van der Waals surface area (Å²) in [7, 11) is 0. The lowest BCUT2D eigenvalue weighted by molar-refractivity contribution is -0.307. The molecule has 0 aliphatic heterocycles. The minimum atomic E-state index is -1.40. The van der Waals surface area contributed by atoms with Crippen molar-refractivity contribution in [1.29, 1.82) is 0 Å². The maximum Gasteiger partial charge on any atom is 0.268 e. The maximum atomic E-state index is 13.0. The lowest BCUT2D eigenvalue weighted by Gasteiger charge is -2.21. The van der Waals surface area contributed by atoms with Crippen LogP contribution >= 0.6 is 27.7 Å². The second-order valence-electron chi connectivity index (χ2n) is 7.28. The third-order valence-electron chi connectivity index (χ3n) is 4.70. The zero-order valence-electron chi connectivity index (χ0n) is 18.1. The molecule has 0 bridgehead atoms. The van der Waals surface area contributed by atoms with Gasteiger partial charge in [-0.15, -0.1) is 0 Å². The predicted octanol–water partition coefficient (Wildman–Crippen LogP) is 3.39. The van der Waals surface area contributed by atoms with Gasteiger partial charge >= 0.3 is 0 Å². The second-order valence-corrected chi connectivity index (χ2v) is 9.22. The number of rotatable bonds is 10. The molecule has 0 saturated heterocycles. The Morgan fingerprint density at radius 2 is 1.53 bits per heavy atom. The van der Waals surface area contributed by atoms with Crippen LogP contribution in [0.5, 0.6) is 0 Å². The van der Waals surface area contributed by atoms with E-state index in [1.807, 2.05) is 30.3 Å². The van der Waals surface area contributed by atoms with Crippen LogP contribution in [-0.4, -0.2) is 29.6 Å². The second kappa shape index (κ2) is 12.8. The molecule has 0 saturated carbocycles. The molecular formula is C26H22BrN2O4S-. The molecule has 0 radical (unpaired) electrons. The molecule has 8 heteroatoms. The van der Waals surface area contributed by atoms with Gasteiger partial charge in [-0.25, -0.2) is 0 Å². The summed E-state index contributed by atoms with van der Waals surface area (Å²) in [6, 6.07) is 23.9. The normalized spacial score (nSPS) is 12.0. The first-order valence-electron chi connectivity index (χ1n) is 10.4. The molecule has 0 spiro atoms. The number of hydrogen-bond donors (Lipinski definition) is 2. The molecule has 6 nitrogen and oxygen atoms in total. The highest BCUT2D eigenvalue weighted by Crippen LogP contribution is 2.15. The molecule has 34 heavy (non-hydrogen) atoms. The fourth-order valence-electron chi connectivity index (χ4n) is 2.94. The summed E-state index contributed by atoms with van der Waals surface area (Å²) in [6.07, 6.45) is 1.49. The minimum absolute atomic E-state index is 0.0736. The maximum absolute atomic E-state index is 13.0. The first-order chi connectivity index (χ1) is 16.4. The third kappa shape index (κ3) is 7.90. The quantitative estimate of drug-likeness (QED) is 0.386. The average molecular weight is 538 g/mol. The van der Waals surface area contributed by atoms with Gasteiger partial charge in [-0.2, -0.15) is 11.8 Å². The minimum Gasteiger partial charge on any atom is -0.548 e. The van der Waals surface area contributed by atoms with Crippen LogP contribution < -0.4 is 15.7 Å². The van der Waals surface area contributed by atoms with Crippen molar-refractivity contribution >= 4 is 51.6 Å². The fourth-order valence-corrected chi connectivity index (χ4v) is 4.21. The van der Waals surface area contributed by atoms with Crippen LogP contribution in [0.1, 0.15) is 21.5 Å². The predicted molar refractivity (Wildman–Crippen MR) is 136 cm³/mol. The van der Waals surface area contributed by atoms with Gasteiger partial charge in [0.2, 0.25) is 0 Å². The Morgan fingerprint density at radius 3 is 2.15 bits per heavy atom. The number of amides is 2. The molecule has 3 rings (SSSR count). The van der Waals surface area contributed by atoms with Gasteiger partial charge in [0.1, 0.15) is 5.70 Å². The number of aliphatic carboxylic acids is 1. The SMILES string of the molecule is O=C(N[C@@H](CSCc1ccccc1)C(=O)[O-])/C(=C/c1ccc(Br)cc1)NC(=O)c1ccccc1. The summed E-state index contributed by atoms with van der Waals surface area (Å²) in [5.41, 5.74) is 1.99. The van der Waals surface area contributed by atoms with E-state index in [0.29, 0.717) is 16.9 Å². The van der Waals surface area contributed by atoms with Gasteiger partial charge in [0.05, 0.1) is 12.0 Å². The van der Waals surface area contributed by atoms with Crippen LogP contribution in [0, 0.1) is 0 Å². The summed E-state index contributed by atoms with van der Waals surface area (Å²) in [6.45, 7) is 0. The van der Waals surface area contributed by atoms with Gasteiger partial charge in [0, 0.05) is 21.5 Å². The van der Waals surface area contributed by atoms with Crippen LogP contribution in [0.15, 0.2) is 95.1 Å². The Balaban J connectivity index is 1.74. The molecule has 0 aromatic heterocycles. The number of carbonyl (C=O) groups excluding carboxylic acids is 3. The number of carbonyl (C=O) groups is 3. The van der Waals surface area contributed by atoms with Gasteiger partial charge in [0.15, 0.2) is 0 Å². The van der Waals surface area contributed by atoms with Crippen LogP contribution in [0.3, 0.4) is 0 Å². The van der Waals surface area contributed by atoms with Crippen molar-refractivity contribution in [1.82, 2.24) is 10.6 Å². The molecule has 3 aromatic carbocycles. The summed E-state index contributed by atoms with van der Waals surface area (Å²) in [5.74, 6) is -1.90. The van der Waals surface area contributed by atoms with E-state index in [0.717, 1.165) is 10.0 Å². The van der Waals surface area contributed by atoms with Crippen LogP contribution in [0.4, 0.5) is 0 Å². The first kappa shape index (κ1) is 25.3. The van der Waals surface area contributed by atoms with Crippen molar-refractivity contribution in [2.45, 2.75) is 11.8 Å². The molecule has 2 amide bonds. The number of carboxylic acids is 1. The lowest BCUT2D eigenvalue weighted by atomic mass is 10.1. The van der Waals surface area contributed by atoms with E-state index in [2.05, 4.69) is 26.6 Å². The van der Waals surface area contributed by atoms with Gasteiger partial charge in [-0.05, 0) is 41.5 Å². The summed E-state index contributed by atoms with van der Waals surface area (Å²) < 4.78 is 0.858. The molecule has 0 aliphatic carbocycles. The molecule has 0 heterocycles. The third-order valence-corrected chi connectivity index (χ3v) is 6.33. The van der Waals surface area contributed by atoms with E-state index in [1.54, 1.807) is 54.6 Å². The molecule has 174 valence electrons. The highest BCUT2D eigenvalue weighted by atomic mass is 79.9. The largest absolute Gasteiger partial charge is 0.548 e.